The Hall–Kier alpha value is -2.22. The number of halogens is 1. The van der Waals surface area contributed by atoms with Gasteiger partial charge < -0.3 is 5.32 Å². The first-order chi connectivity index (χ1) is 9.16. The summed E-state index contributed by atoms with van der Waals surface area (Å²) in [5, 5.41) is 20.4. The molecule has 0 fully saturated rings. The molecule has 0 amide bonds. The highest BCUT2D eigenvalue weighted by Gasteiger charge is 2.14. The van der Waals surface area contributed by atoms with Gasteiger partial charge in [-0.15, -0.1) is 0 Å². The normalized spacial score (nSPS) is 10.4. The van der Waals surface area contributed by atoms with Crippen LogP contribution in [0.1, 0.15) is 12.2 Å². The van der Waals surface area contributed by atoms with Gasteiger partial charge in [-0.3, -0.25) is 15.2 Å². The first-order valence-electron chi connectivity index (χ1n) is 5.56. The van der Waals surface area contributed by atoms with Gasteiger partial charge in [0, 0.05) is 19.0 Å². The third-order valence-electron chi connectivity index (χ3n) is 2.38. The van der Waals surface area contributed by atoms with Crippen molar-refractivity contribution in [2.24, 2.45) is 0 Å². The number of anilines is 1. The van der Waals surface area contributed by atoms with Crippen LogP contribution in [0.5, 0.6) is 0 Å². The highest BCUT2D eigenvalue weighted by Crippen LogP contribution is 2.23. The van der Waals surface area contributed by atoms with Crippen LogP contribution < -0.4 is 5.32 Å². The molecule has 9 heteroatoms. The maximum atomic E-state index is 10.8. The second kappa shape index (κ2) is 6.10. The third kappa shape index (κ3) is 3.62. The van der Waals surface area contributed by atoms with E-state index in [0.29, 0.717) is 13.0 Å². The van der Waals surface area contributed by atoms with Crippen molar-refractivity contribution in [3.63, 3.8) is 0 Å². The second-order valence-electron chi connectivity index (χ2n) is 3.72. The van der Waals surface area contributed by atoms with Crippen molar-refractivity contribution in [3.8, 4) is 0 Å². The van der Waals surface area contributed by atoms with E-state index in [-0.39, 0.29) is 16.7 Å². The molecule has 0 saturated carbocycles. The van der Waals surface area contributed by atoms with Gasteiger partial charge in [-0.25, -0.2) is 9.97 Å². The van der Waals surface area contributed by atoms with E-state index in [2.05, 4.69) is 25.5 Å². The number of H-pyrrole nitrogens is 1. The number of rotatable bonds is 6. The predicted molar refractivity (Wildman–Crippen MR) is 69.1 cm³/mol. The Labute approximate surface area is 113 Å². The molecule has 2 heterocycles. The van der Waals surface area contributed by atoms with E-state index in [1.807, 2.05) is 0 Å². The summed E-state index contributed by atoms with van der Waals surface area (Å²) in [6.07, 6.45) is 2.87. The molecule has 0 radical (unpaired) electrons. The van der Waals surface area contributed by atoms with Crippen LogP contribution in [0.2, 0.25) is 5.15 Å². The molecule has 8 nitrogen and oxygen atoms in total. The minimum absolute atomic E-state index is 0.0935. The Morgan fingerprint density at radius 1 is 1.47 bits per heavy atom. The van der Waals surface area contributed by atoms with E-state index in [9.17, 15) is 10.1 Å². The fraction of sp³-hybridized carbons (Fsp3) is 0.300. The minimum Gasteiger partial charge on any atom is -0.364 e. The van der Waals surface area contributed by atoms with Gasteiger partial charge in [0.25, 0.3) is 0 Å². The van der Waals surface area contributed by atoms with Crippen molar-refractivity contribution in [3.05, 3.63) is 39.6 Å². The van der Waals surface area contributed by atoms with Crippen molar-refractivity contribution in [2.45, 2.75) is 12.8 Å². The van der Waals surface area contributed by atoms with Gasteiger partial charge >= 0.3 is 5.69 Å². The SMILES string of the molecule is O=[N+]([O-])c1ccc(Cl)nc1NCCCc1ncn[nH]1. The zero-order chi connectivity index (χ0) is 13.7. The van der Waals surface area contributed by atoms with Crippen LogP contribution >= 0.6 is 11.6 Å². The fourth-order valence-electron chi connectivity index (χ4n) is 1.52. The summed E-state index contributed by atoms with van der Waals surface area (Å²) in [5.74, 6) is 0.949. The molecule has 2 aromatic heterocycles. The quantitative estimate of drug-likeness (QED) is 0.362. The van der Waals surface area contributed by atoms with Gasteiger partial charge in [0.05, 0.1) is 4.92 Å². The molecule has 100 valence electrons. The molecule has 19 heavy (non-hydrogen) atoms. The van der Waals surface area contributed by atoms with Gasteiger partial charge in [0.2, 0.25) is 5.82 Å². The van der Waals surface area contributed by atoms with E-state index < -0.39 is 4.92 Å². The standard InChI is InChI=1S/C10H11ClN6O2/c11-8-4-3-7(17(18)19)10(15-8)12-5-1-2-9-13-6-14-16-9/h3-4,6H,1-2,5H2,(H,12,15)(H,13,14,16). The lowest BCUT2D eigenvalue weighted by Crippen LogP contribution is -2.07. The van der Waals surface area contributed by atoms with Crippen molar-refractivity contribution in [1.29, 1.82) is 0 Å². The molecule has 2 aromatic rings. The van der Waals surface area contributed by atoms with Crippen molar-refractivity contribution < 1.29 is 4.92 Å². The van der Waals surface area contributed by atoms with Gasteiger partial charge in [-0.2, -0.15) is 5.10 Å². The van der Waals surface area contributed by atoms with Gasteiger partial charge in [-0.05, 0) is 12.5 Å². The Kier molecular flexibility index (Phi) is 4.24. The lowest BCUT2D eigenvalue weighted by molar-refractivity contribution is -0.384. The molecule has 0 aliphatic rings. The molecule has 2 N–H and O–H groups in total. The molecule has 0 atom stereocenters. The van der Waals surface area contributed by atoms with Crippen LogP contribution in [0.3, 0.4) is 0 Å². The number of nitro groups is 1. The number of hydrogen-bond donors (Lipinski definition) is 2. The first kappa shape index (κ1) is 13.2. The molecule has 2 rings (SSSR count). The van der Waals surface area contributed by atoms with Crippen LogP contribution in [0.15, 0.2) is 18.5 Å². The summed E-state index contributed by atoms with van der Waals surface area (Å²) in [6.45, 7) is 0.523. The van der Waals surface area contributed by atoms with E-state index in [1.165, 1.54) is 18.5 Å². The van der Waals surface area contributed by atoms with E-state index in [1.54, 1.807) is 0 Å². The average Bonchev–Trinajstić information content (AvgIpc) is 2.87. The molecule has 0 aromatic carbocycles. The summed E-state index contributed by atoms with van der Waals surface area (Å²) in [7, 11) is 0. The van der Waals surface area contributed by atoms with Crippen LogP contribution in [0.4, 0.5) is 11.5 Å². The smallest absolute Gasteiger partial charge is 0.311 e. The van der Waals surface area contributed by atoms with Crippen molar-refractivity contribution >= 4 is 23.1 Å². The summed E-state index contributed by atoms with van der Waals surface area (Å²) < 4.78 is 0. The van der Waals surface area contributed by atoms with E-state index in [4.69, 9.17) is 11.6 Å². The lowest BCUT2D eigenvalue weighted by atomic mass is 10.3. The highest BCUT2D eigenvalue weighted by atomic mass is 35.5. The third-order valence-corrected chi connectivity index (χ3v) is 2.59. The molecular weight excluding hydrogens is 272 g/mol. The summed E-state index contributed by atoms with van der Waals surface area (Å²) in [6, 6.07) is 2.72. The van der Waals surface area contributed by atoms with E-state index in [0.717, 1.165) is 12.2 Å². The number of hydrogen-bond acceptors (Lipinski definition) is 6. The zero-order valence-electron chi connectivity index (χ0n) is 9.84. The maximum absolute atomic E-state index is 10.8. The number of aromatic nitrogens is 4. The number of nitrogens with one attached hydrogen (secondary N) is 2. The van der Waals surface area contributed by atoms with Gasteiger partial charge in [0.15, 0.2) is 0 Å². The monoisotopic (exact) mass is 282 g/mol. The van der Waals surface area contributed by atoms with Crippen LogP contribution in [-0.2, 0) is 6.42 Å². The summed E-state index contributed by atoms with van der Waals surface area (Å²) in [4.78, 5) is 18.2. The molecule has 0 bridgehead atoms. The number of nitrogens with zero attached hydrogens (tertiary/aromatic N) is 4. The Bertz CT molecular complexity index is 559. The fourth-order valence-corrected chi connectivity index (χ4v) is 1.67. The Morgan fingerprint density at radius 2 is 2.32 bits per heavy atom. The Morgan fingerprint density at radius 3 is 3.00 bits per heavy atom. The van der Waals surface area contributed by atoms with Crippen LogP contribution in [0, 0.1) is 10.1 Å². The van der Waals surface area contributed by atoms with Gasteiger partial charge in [0.1, 0.15) is 17.3 Å². The van der Waals surface area contributed by atoms with Crippen molar-refractivity contribution in [1.82, 2.24) is 20.2 Å². The van der Waals surface area contributed by atoms with Crippen LogP contribution in [0.25, 0.3) is 0 Å². The molecule has 0 aliphatic heterocycles. The summed E-state index contributed by atoms with van der Waals surface area (Å²) >= 11 is 5.72. The van der Waals surface area contributed by atoms with Crippen molar-refractivity contribution in [2.75, 3.05) is 11.9 Å². The maximum Gasteiger partial charge on any atom is 0.311 e. The van der Waals surface area contributed by atoms with E-state index >= 15 is 0 Å². The number of pyridine rings is 1. The number of aryl methyl sites for hydroxylation is 1. The topological polar surface area (TPSA) is 110 Å². The molecule has 0 unspecified atom stereocenters. The molecule has 0 spiro atoms. The van der Waals surface area contributed by atoms with Gasteiger partial charge in [-0.1, -0.05) is 11.6 Å². The second-order valence-corrected chi connectivity index (χ2v) is 4.11. The largest absolute Gasteiger partial charge is 0.364 e. The average molecular weight is 283 g/mol. The first-order valence-corrected chi connectivity index (χ1v) is 5.93. The summed E-state index contributed by atoms with van der Waals surface area (Å²) in [5.41, 5.74) is -0.0935. The number of aromatic amines is 1. The molecular formula is C10H11ClN6O2. The molecule has 0 saturated heterocycles. The minimum atomic E-state index is -0.498. The zero-order valence-corrected chi connectivity index (χ0v) is 10.6. The van der Waals surface area contributed by atoms with Crippen LogP contribution in [-0.4, -0.2) is 31.6 Å². The molecule has 0 aliphatic carbocycles. The Balaban J connectivity index is 1.91. The predicted octanol–water partition coefficient (Wildman–Crippen LogP) is 1.81. The highest BCUT2D eigenvalue weighted by molar-refractivity contribution is 6.29. The lowest BCUT2D eigenvalue weighted by Gasteiger charge is -2.05.